The molecule has 1 atom stereocenters. The topological polar surface area (TPSA) is 87.7 Å². The average Bonchev–Trinajstić information content (AvgIpc) is 3.15. The van der Waals surface area contributed by atoms with Crippen LogP contribution in [-0.2, 0) is 21.5 Å². The van der Waals surface area contributed by atoms with Crippen LogP contribution in [0.25, 0.3) is 0 Å². The Morgan fingerprint density at radius 2 is 2.04 bits per heavy atom. The molecule has 1 aliphatic heterocycles. The normalized spacial score (nSPS) is 20.6. The van der Waals surface area contributed by atoms with Crippen LogP contribution >= 0.6 is 0 Å². The molecule has 0 aromatic heterocycles. The number of carbonyl (C=O) groups excluding carboxylic acids is 3. The first-order valence-corrected chi connectivity index (χ1v) is 8.70. The third-order valence-electron chi connectivity index (χ3n) is 5.08. The van der Waals surface area contributed by atoms with E-state index in [4.69, 9.17) is 4.74 Å². The second-order valence-corrected chi connectivity index (χ2v) is 6.66. The second kappa shape index (κ2) is 6.42. The Morgan fingerprint density at radius 1 is 1.22 bits per heavy atom. The lowest BCUT2D eigenvalue weighted by atomic mass is 9.92. The molecule has 4 amide bonds. The van der Waals surface area contributed by atoms with Gasteiger partial charge in [-0.25, -0.2) is 4.79 Å². The number of imide groups is 1. The summed E-state index contributed by atoms with van der Waals surface area (Å²) in [6.45, 7) is -0.341. The molecule has 2 aromatic carbocycles. The molecule has 1 saturated heterocycles. The molecule has 0 bridgehead atoms. The van der Waals surface area contributed by atoms with Crippen LogP contribution in [-0.4, -0.2) is 36.4 Å². The molecule has 0 saturated carbocycles. The fourth-order valence-corrected chi connectivity index (χ4v) is 3.78. The molecule has 2 aromatic rings. The molecular weight excluding hydrogens is 346 g/mol. The molecule has 2 N–H and O–H groups in total. The lowest BCUT2D eigenvalue weighted by Gasteiger charge is -2.22. The van der Waals surface area contributed by atoms with Gasteiger partial charge >= 0.3 is 6.03 Å². The summed E-state index contributed by atoms with van der Waals surface area (Å²) in [5.41, 5.74) is 1.35. The highest BCUT2D eigenvalue weighted by Crippen LogP contribution is 2.41. The number of methoxy groups -OCH3 is 1. The number of urea groups is 1. The minimum Gasteiger partial charge on any atom is -0.497 e. The largest absolute Gasteiger partial charge is 0.497 e. The highest BCUT2D eigenvalue weighted by Gasteiger charge is 2.55. The number of aryl methyl sites for hydroxylation is 1. The van der Waals surface area contributed by atoms with Crippen molar-refractivity contribution >= 4 is 23.5 Å². The predicted molar refractivity (Wildman–Crippen MR) is 98.3 cm³/mol. The minimum atomic E-state index is -1.05. The van der Waals surface area contributed by atoms with Gasteiger partial charge in [-0.15, -0.1) is 0 Å². The van der Waals surface area contributed by atoms with Crippen molar-refractivity contribution in [3.05, 3.63) is 59.7 Å². The lowest BCUT2D eigenvalue weighted by molar-refractivity contribution is -0.134. The van der Waals surface area contributed by atoms with Gasteiger partial charge in [0.25, 0.3) is 5.91 Å². The summed E-state index contributed by atoms with van der Waals surface area (Å²) in [4.78, 5) is 38.8. The quantitative estimate of drug-likeness (QED) is 0.812. The molecule has 1 heterocycles. The Bertz CT molecular complexity index is 942. The van der Waals surface area contributed by atoms with Gasteiger partial charge in [-0.3, -0.25) is 14.5 Å². The summed E-state index contributed by atoms with van der Waals surface area (Å²) < 4.78 is 5.12. The number of hydrogen-bond donors (Lipinski definition) is 2. The van der Waals surface area contributed by atoms with Gasteiger partial charge < -0.3 is 15.4 Å². The van der Waals surface area contributed by atoms with Crippen LogP contribution in [0.5, 0.6) is 5.75 Å². The van der Waals surface area contributed by atoms with Gasteiger partial charge in [0, 0.05) is 11.8 Å². The lowest BCUT2D eigenvalue weighted by Crippen LogP contribution is -2.42. The molecule has 2 aliphatic rings. The van der Waals surface area contributed by atoms with E-state index >= 15 is 0 Å². The second-order valence-electron chi connectivity index (χ2n) is 6.66. The highest BCUT2D eigenvalue weighted by atomic mass is 16.5. The Kier molecular flexibility index (Phi) is 4.07. The van der Waals surface area contributed by atoms with Crippen LogP contribution in [0.3, 0.4) is 0 Å². The zero-order valence-electron chi connectivity index (χ0n) is 14.8. The van der Waals surface area contributed by atoms with E-state index in [1.54, 1.807) is 24.3 Å². The Hall–Kier alpha value is -3.35. The van der Waals surface area contributed by atoms with Crippen LogP contribution in [0.15, 0.2) is 48.5 Å². The van der Waals surface area contributed by atoms with E-state index < -0.39 is 17.5 Å². The van der Waals surface area contributed by atoms with Gasteiger partial charge in [0.15, 0.2) is 0 Å². The first-order chi connectivity index (χ1) is 13.0. The van der Waals surface area contributed by atoms with Crippen molar-refractivity contribution in [2.45, 2.75) is 18.4 Å². The average molecular weight is 365 g/mol. The van der Waals surface area contributed by atoms with Gasteiger partial charge in [0.2, 0.25) is 5.91 Å². The third-order valence-corrected chi connectivity index (χ3v) is 5.08. The van der Waals surface area contributed by atoms with E-state index in [1.807, 2.05) is 24.3 Å². The first kappa shape index (κ1) is 17.1. The smallest absolute Gasteiger partial charge is 0.325 e. The first-order valence-electron chi connectivity index (χ1n) is 8.70. The highest BCUT2D eigenvalue weighted by molar-refractivity contribution is 6.10. The molecule has 27 heavy (non-hydrogen) atoms. The van der Waals surface area contributed by atoms with Crippen molar-refractivity contribution < 1.29 is 19.1 Å². The molecule has 1 fully saturated rings. The number of nitrogens with zero attached hydrogens (tertiary/aromatic N) is 1. The number of carbonyl (C=O) groups is 3. The maximum absolute atomic E-state index is 13.0. The summed E-state index contributed by atoms with van der Waals surface area (Å²) in [5, 5.41) is 5.50. The van der Waals surface area contributed by atoms with Crippen LogP contribution in [0.4, 0.5) is 10.5 Å². The van der Waals surface area contributed by atoms with Crippen molar-refractivity contribution in [1.29, 1.82) is 0 Å². The molecule has 4 rings (SSSR count). The monoisotopic (exact) mass is 365 g/mol. The van der Waals surface area contributed by atoms with E-state index in [9.17, 15) is 14.4 Å². The van der Waals surface area contributed by atoms with Gasteiger partial charge in [-0.2, -0.15) is 0 Å². The van der Waals surface area contributed by atoms with Gasteiger partial charge in [-0.05, 0) is 36.1 Å². The van der Waals surface area contributed by atoms with Crippen molar-refractivity contribution in [2.75, 3.05) is 19.0 Å². The number of fused-ring (bicyclic) bond motifs is 2. The van der Waals surface area contributed by atoms with E-state index in [0.717, 1.165) is 16.0 Å². The van der Waals surface area contributed by atoms with Crippen molar-refractivity contribution in [2.24, 2.45) is 0 Å². The standard InChI is InChI=1S/C20H19N3O4/c1-27-15-7-4-6-14(11-15)21-17(24)12-23-18(25)20(22-19(23)26)10-9-13-5-2-3-8-16(13)20/h2-8,11H,9-10,12H2,1H3,(H,21,24)(H,22,26)/t20-/m0/s1. The van der Waals surface area contributed by atoms with Gasteiger partial charge in [0.05, 0.1) is 7.11 Å². The Morgan fingerprint density at radius 3 is 2.85 bits per heavy atom. The van der Waals surface area contributed by atoms with E-state index in [2.05, 4.69) is 10.6 Å². The fourth-order valence-electron chi connectivity index (χ4n) is 3.78. The maximum atomic E-state index is 13.0. The Balaban J connectivity index is 1.51. The molecule has 1 spiro atoms. The van der Waals surface area contributed by atoms with Crippen molar-refractivity contribution in [3.63, 3.8) is 0 Å². The van der Waals surface area contributed by atoms with Crippen LogP contribution in [0.2, 0.25) is 0 Å². The SMILES string of the molecule is COc1cccc(NC(=O)CN2C(=O)N[C@]3(CCc4ccccc43)C2=O)c1. The summed E-state index contributed by atoms with van der Waals surface area (Å²) in [7, 11) is 1.53. The summed E-state index contributed by atoms with van der Waals surface area (Å²) in [6, 6.07) is 13.9. The third kappa shape index (κ3) is 2.81. The van der Waals surface area contributed by atoms with E-state index in [0.29, 0.717) is 24.3 Å². The molecule has 138 valence electrons. The number of hydrogen-bond acceptors (Lipinski definition) is 4. The number of amides is 4. The van der Waals surface area contributed by atoms with E-state index in [1.165, 1.54) is 7.11 Å². The van der Waals surface area contributed by atoms with Gasteiger partial charge in [-0.1, -0.05) is 30.3 Å². The molecule has 0 unspecified atom stereocenters. The molecule has 7 nitrogen and oxygen atoms in total. The summed E-state index contributed by atoms with van der Waals surface area (Å²) in [6.07, 6.45) is 1.22. The number of rotatable bonds is 4. The zero-order chi connectivity index (χ0) is 19.0. The molecular formula is C20H19N3O4. The van der Waals surface area contributed by atoms with Crippen molar-refractivity contribution in [1.82, 2.24) is 10.2 Å². The molecule has 7 heteroatoms. The maximum Gasteiger partial charge on any atom is 0.325 e. The number of anilines is 1. The van der Waals surface area contributed by atoms with Crippen LogP contribution in [0.1, 0.15) is 17.5 Å². The number of benzene rings is 2. The molecule has 1 aliphatic carbocycles. The number of ether oxygens (including phenoxy) is 1. The fraction of sp³-hybridized carbons (Fsp3) is 0.250. The Labute approximate surface area is 156 Å². The van der Waals surface area contributed by atoms with Crippen LogP contribution < -0.4 is 15.4 Å². The van der Waals surface area contributed by atoms with Crippen LogP contribution in [0, 0.1) is 0 Å². The molecule has 0 radical (unpaired) electrons. The predicted octanol–water partition coefficient (Wildman–Crippen LogP) is 2.03. The zero-order valence-corrected chi connectivity index (χ0v) is 14.8. The van der Waals surface area contributed by atoms with E-state index in [-0.39, 0.29) is 12.5 Å². The summed E-state index contributed by atoms with van der Waals surface area (Å²) in [5.74, 6) is -0.224. The van der Waals surface area contributed by atoms with Crippen molar-refractivity contribution in [3.8, 4) is 5.75 Å². The number of nitrogens with one attached hydrogen (secondary N) is 2. The summed E-state index contributed by atoms with van der Waals surface area (Å²) >= 11 is 0. The van der Waals surface area contributed by atoms with Gasteiger partial charge in [0.1, 0.15) is 17.8 Å². The minimum absolute atomic E-state index is 0.341.